The Bertz CT molecular complexity index is 257. The molecule has 0 aromatic carbocycles. The van der Waals surface area contributed by atoms with Crippen LogP contribution in [-0.4, -0.2) is 24.6 Å². The molecule has 0 bridgehead atoms. The summed E-state index contributed by atoms with van der Waals surface area (Å²) in [4.78, 5) is 12.4. The summed E-state index contributed by atoms with van der Waals surface area (Å²) in [5, 5.41) is 2.02. The van der Waals surface area contributed by atoms with Gasteiger partial charge in [0.05, 0.1) is 6.42 Å². The lowest BCUT2D eigenvalue weighted by Gasteiger charge is -2.02. The third kappa shape index (κ3) is 4.67. The van der Waals surface area contributed by atoms with Crippen molar-refractivity contribution < 1.29 is 9.53 Å². The lowest BCUT2D eigenvalue weighted by Crippen LogP contribution is -2.07. The smallest absolute Gasteiger partial charge is 0.306 e. The molecule has 0 atom stereocenters. The van der Waals surface area contributed by atoms with Gasteiger partial charge >= 0.3 is 5.97 Å². The number of hydrogen-bond donors (Lipinski definition) is 0. The fourth-order valence-electron chi connectivity index (χ4n) is 0.991. The van der Waals surface area contributed by atoms with Crippen LogP contribution in [0.15, 0.2) is 17.5 Å². The second-order valence-electron chi connectivity index (χ2n) is 2.79. The first-order valence-electron chi connectivity index (χ1n) is 4.50. The quantitative estimate of drug-likeness (QED) is 0.555. The van der Waals surface area contributed by atoms with E-state index in [4.69, 9.17) is 4.74 Å². The monoisotopic (exact) mass is 230 g/mol. The molecule has 0 aliphatic rings. The summed E-state index contributed by atoms with van der Waals surface area (Å²) in [7, 11) is 0. The molecule has 1 rings (SSSR count). The van der Waals surface area contributed by atoms with Gasteiger partial charge in [-0.15, -0.1) is 11.3 Å². The number of rotatable bonds is 6. The standard InChI is InChI=1S/C10H14O2S2/c1-13-8-6-12-10(11)5-4-9-3-2-7-14-9/h2-3,7H,4-6,8H2,1H3. The zero-order chi connectivity index (χ0) is 10.2. The van der Waals surface area contributed by atoms with Gasteiger partial charge in [-0.3, -0.25) is 4.79 Å². The molecule has 78 valence electrons. The van der Waals surface area contributed by atoms with Crippen LogP contribution in [0.5, 0.6) is 0 Å². The SMILES string of the molecule is CSCCOC(=O)CCc1cccs1. The summed E-state index contributed by atoms with van der Waals surface area (Å²) < 4.78 is 5.03. The third-order valence-electron chi connectivity index (χ3n) is 1.71. The number of aryl methyl sites for hydroxylation is 1. The lowest BCUT2D eigenvalue weighted by atomic mass is 10.3. The summed E-state index contributed by atoms with van der Waals surface area (Å²) in [6, 6.07) is 4.04. The van der Waals surface area contributed by atoms with Gasteiger partial charge in [-0.05, 0) is 24.1 Å². The highest BCUT2D eigenvalue weighted by molar-refractivity contribution is 7.98. The van der Waals surface area contributed by atoms with Crippen LogP contribution < -0.4 is 0 Å². The van der Waals surface area contributed by atoms with Crippen LogP contribution in [0.4, 0.5) is 0 Å². The summed E-state index contributed by atoms with van der Waals surface area (Å²) in [5.41, 5.74) is 0. The van der Waals surface area contributed by atoms with Gasteiger partial charge in [0.1, 0.15) is 6.61 Å². The molecule has 1 aromatic heterocycles. The molecule has 0 aliphatic carbocycles. The minimum atomic E-state index is -0.0903. The van der Waals surface area contributed by atoms with Crippen molar-refractivity contribution in [1.82, 2.24) is 0 Å². The second kappa shape index (κ2) is 6.90. The van der Waals surface area contributed by atoms with Gasteiger partial charge in [0, 0.05) is 10.6 Å². The Balaban J connectivity index is 2.09. The molecule has 0 aliphatic heterocycles. The Morgan fingerprint density at radius 3 is 3.14 bits per heavy atom. The number of carbonyl (C=O) groups is 1. The molecular weight excluding hydrogens is 216 g/mol. The fraction of sp³-hybridized carbons (Fsp3) is 0.500. The summed E-state index contributed by atoms with van der Waals surface area (Å²) in [5.74, 6) is 0.789. The van der Waals surface area contributed by atoms with Gasteiger partial charge in [0.2, 0.25) is 0 Å². The molecule has 1 heterocycles. The van der Waals surface area contributed by atoms with E-state index in [0.717, 1.165) is 12.2 Å². The van der Waals surface area contributed by atoms with Crippen molar-refractivity contribution in [3.63, 3.8) is 0 Å². The van der Waals surface area contributed by atoms with E-state index >= 15 is 0 Å². The van der Waals surface area contributed by atoms with Gasteiger partial charge in [-0.1, -0.05) is 6.07 Å². The molecule has 0 saturated heterocycles. The molecule has 0 radical (unpaired) electrons. The largest absolute Gasteiger partial charge is 0.465 e. The first kappa shape index (κ1) is 11.6. The second-order valence-corrected chi connectivity index (χ2v) is 4.81. The first-order valence-corrected chi connectivity index (χ1v) is 6.77. The predicted molar refractivity (Wildman–Crippen MR) is 62.0 cm³/mol. The molecule has 0 unspecified atom stereocenters. The predicted octanol–water partition coefficient (Wildman–Crippen LogP) is 2.59. The average molecular weight is 230 g/mol. The van der Waals surface area contributed by atoms with Crippen molar-refractivity contribution in [1.29, 1.82) is 0 Å². The molecule has 4 heteroatoms. The van der Waals surface area contributed by atoms with Crippen molar-refractivity contribution in [3.05, 3.63) is 22.4 Å². The van der Waals surface area contributed by atoms with Crippen LogP contribution in [0.2, 0.25) is 0 Å². The fourth-order valence-corrected chi connectivity index (χ4v) is 1.95. The Kier molecular flexibility index (Phi) is 5.71. The van der Waals surface area contributed by atoms with Crippen molar-refractivity contribution in [2.45, 2.75) is 12.8 Å². The van der Waals surface area contributed by atoms with Crippen LogP contribution in [0.1, 0.15) is 11.3 Å². The van der Waals surface area contributed by atoms with E-state index in [1.54, 1.807) is 23.1 Å². The van der Waals surface area contributed by atoms with Crippen LogP contribution in [0.3, 0.4) is 0 Å². The minimum Gasteiger partial charge on any atom is -0.465 e. The Hall–Kier alpha value is -0.480. The van der Waals surface area contributed by atoms with E-state index in [-0.39, 0.29) is 5.97 Å². The van der Waals surface area contributed by atoms with Crippen LogP contribution in [0, 0.1) is 0 Å². The topological polar surface area (TPSA) is 26.3 Å². The molecule has 2 nitrogen and oxygen atoms in total. The molecule has 0 spiro atoms. The number of carbonyl (C=O) groups excluding carboxylic acids is 1. The zero-order valence-electron chi connectivity index (χ0n) is 8.19. The van der Waals surface area contributed by atoms with Gasteiger partial charge in [0.15, 0.2) is 0 Å². The van der Waals surface area contributed by atoms with E-state index < -0.39 is 0 Å². The van der Waals surface area contributed by atoms with E-state index in [0.29, 0.717) is 13.0 Å². The molecule has 0 fully saturated rings. The average Bonchev–Trinajstić information content (AvgIpc) is 2.68. The maximum Gasteiger partial charge on any atom is 0.306 e. The maximum absolute atomic E-state index is 11.2. The van der Waals surface area contributed by atoms with Crippen LogP contribution in [0.25, 0.3) is 0 Å². The molecule has 0 saturated carbocycles. The Labute approximate surface area is 92.7 Å². The van der Waals surface area contributed by atoms with Crippen molar-refractivity contribution in [2.75, 3.05) is 18.6 Å². The van der Waals surface area contributed by atoms with Crippen LogP contribution in [-0.2, 0) is 16.0 Å². The van der Waals surface area contributed by atoms with E-state index in [9.17, 15) is 4.79 Å². The summed E-state index contributed by atoms with van der Waals surface area (Å²) in [6.45, 7) is 0.532. The van der Waals surface area contributed by atoms with E-state index in [2.05, 4.69) is 0 Å². The first-order chi connectivity index (χ1) is 6.83. The number of ether oxygens (including phenoxy) is 1. The highest BCUT2D eigenvalue weighted by Crippen LogP contribution is 2.11. The summed E-state index contributed by atoms with van der Waals surface area (Å²) >= 11 is 3.37. The van der Waals surface area contributed by atoms with Crippen molar-refractivity contribution in [2.24, 2.45) is 0 Å². The van der Waals surface area contributed by atoms with Crippen molar-refractivity contribution >= 4 is 29.1 Å². The highest BCUT2D eigenvalue weighted by atomic mass is 32.2. The maximum atomic E-state index is 11.2. The molecule has 0 N–H and O–H groups in total. The normalized spacial score (nSPS) is 10.1. The third-order valence-corrected chi connectivity index (χ3v) is 3.22. The van der Waals surface area contributed by atoms with Gasteiger partial charge in [-0.2, -0.15) is 11.8 Å². The number of thioether (sulfide) groups is 1. The van der Waals surface area contributed by atoms with Gasteiger partial charge in [-0.25, -0.2) is 0 Å². The molecular formula is C10H14O2S2. The molecule has 0 amide bonds. The van der Waals surface area contributed by atoms with E-state index in [1.165, 1.54) is 4.88 Å². The molecule has 14 heavy (non-hydrogen) atoms. The minimum absolute atomic E-state index is 0.0903. The Morgan fingerprint density at radius 2 is 2.50 bits per heavy atom. The van der Waals surface area contributed by atoms with Crippen molar-refractivity contribution in [3.8, 4) is 0 Å². The number of esters is 1. The molecule has 1 aromatic rings. The lowest BCUT2D eigenvalue weighted by molar-refractivity contribution is -0.142. The van der Waals surface area contributed by atoms with Gasteiger partial charge in [0.25, 0.3) is 0 Å². The highest BCUT2D eigenvalue weighted by Gasteiger charge is 2.03. The number of hydrogen-bond acceptors (Lipinski definition) is 4. The van der Waals surface area contributed by atoms with Gasteiger partial charge < -0.3 is 4.74 Å². The van der Waals surface area contributed by atoms with E-state index in [1.807, 2.05) is 23.8 Å². The number of thiophene rings is 1. The summed E-state index contributed by atoms with van der Waals surface area (Å²) in [6.07, 6.45) is 3.30. The Morgan fingerprint density at radius 1 is 1.64 bits per heavy atom. The van der Waals surface area contributed by atoms with Crippen LogP contribution >= 0.6 is 23.1 Å². The zero-order valence-corrected chi connectivity index (χ0v) is 9.83.